The van der Waals surface area contributed by atoms with Crippen LogP contribution in [0.1, 0.15) is 94.8 Å². The fourth-order valence-corrected chi connectivity index (χ4v) is 4.96. The van der Waals surface area contributed by atoms with Crippen LogP contribution in [0.15, 0.2) is 18.2 Å². The second kappa shape index (κ2) is 11.5. The molecule has 2 fully saturated rings. The van der Waals surface area contributed by atoms with Crippen molar-refractivity contribution in [2.75, 3.05) is 18.6 Å². The molecule has 0 aliphatic heterocycles. The monoisotopic (exact) mass is 429 g/mol. The van der Waals surface area contributed by atoms with Crippen molar-refractivity contribution in [3.05, 3.63) is 23.8 Å². The van der Waals surface area contributed by atoms with Crippen LogP contribution in [0.3, 0.4) is 0 Å². The van der Waals surface area contributed by atoms with Crippen molar-refractivity contribution in [3.63, 3.8) is 0 Å². The Morgan fingerprint density at radius 1 is 1.03 bits per heavy atom. The highest BCUT2D eigenvalue weighted by atomic mass is 16.5. The number of ether oxygens (including phenoxy) is 2. The Morgan fingerprint density at radius 3 is 2.39 bits per heavy atom. The van der Waals surface area contributed by atoms with E-state index < -0.39 is 5.97 Å². The van der Waals surface area contributed by atoms with Crippen LogP contribution >= 0.6 is 0 Å². The molecule has 0 aromatic heterocycles. The van der Waals surface area contributed by atoms with Crippen molar-refractivity contribution in [2.24, 2.45) is 11.8 Å². The van der Waals surface area contributed by atoms with E-state index in [0.29, 0.717) is 29.5 Å². The molecule has 2 aliphatic rings. The van der Waals surface area contributed by atoms with Gasteiger partial charge in [-0.15, -0.1) is 0 Å². The average molecular weight is 430 g/mol. The van der Waals surface area contributed by atoms with Gasteiger partial charge < -0.3 is 14.4 Å². The summed E-state index contributed by atoms with van der Waals surface area (Å²) in [5, 5.41) is 0. The Kier molecular flexibility index (Phi) is 8.79. The zero-order chi connectivity index (χ0) is 22.2. The molecule has 0 N–H and O–H groups in total. The number of methoxy groups -OCH3 is 1. The molecule has 5 heteroatoms. The van der Waals surface area contributed by atoms with Crippen molar-refractivity contribution < 1.29 is 19.1 Å². The highest BCUT2D eigenvalue weighted by molar-refractivity contribution is 6.04. The molecule has 31 heavy (non-hydrogen) atoms. The van der Waals surface area contributed by atoms with Gasteiger partial charge in [0.1, 0.15) is 5.75 Å². The second-order valence-electron chi connectivity index (χ2n) is 9.33. The molecule has 0 atom stereocenters. The maximum atomic E-state index is 13.8. The SMILES string of the molecule is CCCCOc1ccc(N(C(=O)[C@H]2CC[C@H](C)CC2)C2CCCCC2)c(C(=O)OC)c1. The summed E-state index contributed by atoms with van der Waals surface area (Å²) in [6.45, 7) is 5.00. The van der Waals surface area contributed by atoms with Crippen LogP contribution in [0.2, 0.25) is 0 Å². The van der Waals surface area contributed by atoms with Gasteiger partial charge in [0.2, 0.25) is 5.91 Å². The summed E-state index contributed by atoms with van der Waals surface area (Å²) in [6, 6.07) is 5.69. The van der Waals surface area contributed by atoms with Gasteiger partial charge in [0.05, 0.1) is 25.0 Å². The number of hydrogen-bond donors (Lipinski definition) is 0. The van der Waals surface area contributed by atoms with E-state index in [9.17, 15) is 9.59 Å². The highest BCUT2D eigenvalue weighted by Gasteiger charge is 2.35. The van der Waals surface area contributed by atoms with Crippen LogP contribution in [0.4, 0.5) is 5.69 Å². The fourth-order valence-electron chi connectivity index (χ4n) is 4.96. The third-order valence-electron chi connectivity index (χ3n) is 6.94. The summed E-state index contributed by atoms with van der Waals surface area (Å²) in [5.41, 5.74) is 1.12. The first-order chi connectivity index (χ1) is 15.0. The van der Waals surface area contributed by atoms with E-state index in [1.807, 2.05) is 17.0 Å². The maximum absolute atomic E-state index is 13.8. The first-order valence-electron chi connectivity index (χ1n) is 12.2. The van der Waals surface area contributed by atoms with Crippen molar-refractivity contribution in [1.29, 1.82) is 0 Å². The molecular formula is C26H39NO4. The van der Waals surface area contributed by atoms with E-state index in [1.54, 1.807) is 6.07 Å². The number of amides is 1. The largest absolute Gasteiger partial charge is 0.494 e. The number of esters is 1. The number of rotatable bonds is 8. The molecule has 172 valence electrons. The Balaban J connectivity index is 1.94. The molecule has 3 rings (SSSR count). The Morgan fingerprint density at radius 2 is 1.74 bits per heavy atom. The van der Waals surface area contributed by atoms with E-state index in [4.69, 9.17) is 9.47 Å². The summed E-state index contributed by atoms with van der Waals surface area (Å²) in [4.78, 5) is 28.5. The topological polar surface area (TPSA) is 55.8 Å². The molecule has 0 radical (unpaired) electrons. The lowest BCUT2D eigenvalue weighted by Crippen LogP contribution is -2.46. The van der Waals surface area contributed by atoms with Gasteiger partial charge in [-0.25, -0.2) is 4.79 Å². The Labute approximate surface area is 187 Å². The van der Waals surface area contributed by atoms with Crippen LogP contribution in [0.25, 0.3) is 0 Å². The summed E-state index contributed by atoms with van der Waals surface area (Å²) in [5.74, 6) is 1.16. The first kappa shape index (κ1) is 23.6. The summed E-state index contributed by atoms with van der Waals surface area (Å²) in [7, 11) is 1.39. The number of carbonyl (C=O) groups is 2. The summed E-state index contributed by atoms with van der Waals surface area (Å²) in [6.07, 6.45) is 11.5. The van der Waals surface area contributed by atoms with Crippen LogP contribution in [0.5, 0.6) is 5.75 Å². The van der Waals surface area contributed by atoms with E-state index in [1.165, 1.54) is 13.5 Å². The number of anilines is 1. The lowest BCUT2D eigenvalue weighted by molar-refractivity contribution is -0.124. The predicted molar refractivity (Wildman–Crippen MR) is 124 cm³/mol. The predicted octanol–water partition coefficient (Wildman–Crippen LogP) is 6.14. The smallest absolute Gasteiger partial charge is 0.340 e. The van der Waals surface area contributed by atoms with E-state index >= 15 is 0 Å². The minimum atomic E-state index is -0.415. The van der Waals surface area contributed by atoms with Gasteiger partial charge in [0, 0.05) is 12.0 Å². The quantitative estimate of drug-likeness (QED) is 0.368. The van der Waals surface area contributed by atoms with Gasteiger partial charge in [0.15, 0.2) is 0 Å². The molecule has 0 saturated heterocycles. The Bertz CT molecular complexity index is 733. The molecule has 1 amide bonds. The van der Waals surface area contributed by atoms with Crippen LogP contribution in [0, 0.1) is 11.8 Å². The van der Waals surface area contributed by atoms with Crippen molar-refractivity contribution in [2.45, 2.75) is 90.5 Å². The highest BCUT2D eigenvalue weighted by Crippen LogP contribution is 2.37. The van der Waals surface area contributed by atoms with Crippen molar-refractivity contribution in [3.8, 4) is 5.75 Å². The van der Waals surface area contributed by atoms with Crippen molar-refractivity contribution >= 4 is 17.6 Å². The molecule has 0 bridgehead atoms. The minimum Gasteiger partial charge on any atom is -0.494 e. The van der Waals surface area contributed by atoms with Crippen molar-refractivity contribution in [1.82, 2.24) is 0 Å². The molecule has 1 aromatic carbocycles. The number of nitrogens with zero attached hydrogens (tertiary/aromatic N) is 1. The van der Waals surface area contributed by atoms with E-state index in [0.717, 1.165) is 64.2 Å². The fraction of sp³-hybridized carbons (Fsp3) is 0.692. The van der Waals surface area contributed by atoms with Gasteiger partial charge in [-0.1, -0.05) is 39.5 Å². The molecule has 5 nitrogen and oxygen atoms in total. The van der Waals surface area contributed by atoms with Gasteiger partial charge in [-0.2, -0.15) is 0 Å². The van der Waals surface area contributed by atoms with E-state index in [2.05, 4.69) is 13.8 Å². The number of unbranched alkanes of at least 4 members (excludes halogenated alkanes) is 1. The zero-order valence-electron chi connectivity index (χ0n) is 19.5. The lowest BCUT2D eigenvalue weighted by atomic mass is 9.81. The second-order valence-corrected chi connectivity index (χ2v) is 9.33. The van der Waals surface area contributed by atoms with Gasteiger partial charge in [-0.05, 0) is 69.1 Å². The summed E-state index contributed by atoms with van der Waals surface area (Å²) < 4.78 is 10.9. The third-order valence-corrected chi connectivity index (χ3v) is 6.94. The van der Waals surface area contributed by atoms with Crippen LogP contribution < -0.4 is 9.64 Å². The van der Waals surface area contributed by atoms with Gasteiger partial charge >= 0.3 is 5.97 Å². The van der Waals surface area contributed by atoms with Gasteiger partial charge in [0.25, 0.3) is 0 Å². The van der Waals surface area contributed by atoms with Crippen LogP contribution in [-0.4, -0.2) is 31.6 Å². The minimum absolute atomic E-state index is 0.0455. The Hall–Kier alpha value is -2.04. The van der Waals surface area contributed by atoms with E-state index in [-0.39, 0.29) is 17.9 Å². The summed E-state index contributed by atoms with van der Waals surface area (Å²) >= 11 is 0. The standard InChI is InChI=1S/C26H39NO4/c1-4-5-17-31-22-15-16-24(23(18-22)26(29)30-3)27(21-9-7-6-8-10-21)25(28)20-13-11-19(2)12-14-20/h15-16,18-21H,4-14,17H2,1-3H3/t19-,20-. The molecule has 0 heterocycles. The molecule has 2 saturated carbocycles. The number of hydrogen-bond acceptors (Lipinski definition) is 4. The molecular weight excluding hydrogens is 390 g/mol. The zero-order valence-corrected chi connectivity index (χ0v) is 19.5. The average Bonchev–Trinajstić information content (AvgIpc) is 2.80. The lowest BCUT2D eigenvalue weighted by Gasteiger charge is -2.38. The molecule has 1 aromatic rings. The number of benzene rings is 1. The third kappa shape index (κ3) is 6.02. The van der Waals surface area contributed by atoms with Crippen LogP contribution in [-0.2, 0) is 9.53 Å². The molecule has 0 unspecified atom stereocenters. The molecule has 0 spiro atoms. The van der Waals surface area contributed by atoms with Gasteiger partial charge in [-0.3, -0.25) is 4.79 Å². The maximum Gasteiger partial charge on any atom is 0.340 e. The normalized spacial score (nSPS) is 22.0. The number of carbonyl (C=O) groups excluding carboxylic acids is 2. The molecule has 2 aliphatic carbocycles. The first-order valence-corrected chi connectivity index (χ1v) is 12.2.